The minimum atomic E-state index is 0.288. The van der Waals surface area contributed by atoms with Crippen LogP contribution in [0, 0.1) is 11.3 Å². The molecule has 2 aliphatic heterocycles. The summed E-state index contributed by atoms with van der Waals surface area (Å²) in [5.41, 5.74) is 0. The van der Waals surface area contributed by atoms with E-state index in [0.717, 1.165) is 52.1 Å². The summed E-state index contributed by atoms with van der Waals surface area (Å²) in [4.78, 5) is 18.7. The van der Waals surface area contributed by atoms with E-state index < -0.39 is 0 Å². The minimum absolute atomic E-state index is 0.288. The van der Waals surface area contributed by atoms with Gasteiger partial charge in [-0.1, -0.05) is 12.8 Å². The number of amides is 1. The van der Waals surface area contributed by atoms with Crippen molar-refractivity contribution in [2.24, 2.45) is 0 Å². The van der Waals surface area contributed by atoms with Gasteiger partial charge in [0.15, 0.2) is 0 Å². The lowest BCUT2D eigenvalue weighted by Gasteiger charge is -2.34. The standard InChI is InChI=1S/C14H24N4O/c15-5-8-16-9-11-17(12-10-16)13-14(19)18-6-3-1-2-4-7-18/h1-4,6-13H2. The van der Waals surface area contributed by atoms with Crippen molar-refractivity contribution >= 4 is 5.91 Å². The van der Waals surface area contributed by atoms with Crippen LogP contribution in [0.2, 0.25) is 0 Å². The average Bonchev–Trinajstić information content (AvgIpc) is 2.70. The van der Waals surface area contributed by atoms with Crippen molar-refractivity contribution in [1.29, 1.82) is 5.26 Å². The van der Waals surface area contributed by atoms with Crippen LogP contribution in [-0.2, 0) is 4.79 Å². The van der Waals surface area contributed by atoms with E-state index in [1.165, 1.54) is 12.8 Å². The molecule has 5 nitrogen and oxygen atoms in total. The first-order chi connectivity index (χ1) is 9.29. The number of piperazine rings is 1. The second-order valence-electron chi connectivity index (χ2n) is 5.51. The van der Waals surface area contributed by atoms with Gasteiger partial charge < -0.3 is 4.90 Å². The molecular formula is C14H24N4O. The largest absolute Gasteiger partial charge is 0.342 e. The molecule has 2 saturated heterocycles. The normalized spacial score (nSPS) is 22.8. The average molecular weight is 264 g/mol. The van der Waals surface area contributed by atoms with E-state index in [1.54, 1.807) is 0 Å². The first-order valence-corrected chi connectivity index (χ1v) is 7.39. The fourth-order valence-electron chi connectivity index (χ4n) is 2.82. The third-order valence-corrected chi connectivity index (χ3v) is 4.08. The SMILES string of the molecule is N#CCN1CCN(CC(=O)N2CCCCCC2)CC1. The van der Waals surface area contributed by atoms with Gasteiger partial charge in [0.25, 0.3) is 0 Å². The van der Waals surface area contributed by atoms with E-state index in [0.29, 0.717) is 13.1 Å². The topological polar surface area (TPSA) is 50.6 Å². The molecule has 0 atom stereocenters. The number of nitrogens with zero attached hydrogens (tertiary/aromatic N) is 4. The molecule has 0 aliphatic carbocycles. The monoisotopic (exact) mass is 264 g/mol. The van der Waals surface area contributed by atoms with Crippen molar-refractivity contribution in [3.63, 3.8) is 0 Å². The Hall–Kier alpha value is -1.12. The molecule has 0 radical (unpaired) electrons. The second kappa shape index (κ2) is 7.46. The molecule has 1 amide bonds. The number of likely N-dealkylation sites (tertiary alicyclic amines) is 1. The van der Waals surface area contributed by atoms with Gasteiger partial charge in [-0.15, -0.1) is 0 Å². The first-order valence-electron chi connectivity index (χ1n) is 7.39. The Morgan fingerprint density at radius 2 is 1.47 bits per heavy atom. The van der Waals surface area contributed by atoms with Gasteiger partial charge in [-0.2, -0.15) is 5.26 Å². The minimum Gasteiger partial charge on any atom is -0.342 e. The summed E-state index contributed by atoms with van der Waals surface area (Å²) < 4.78 is 0. The lowest BCUT2D eigenvalue weighted by molar-refractivity contribution is -0.132. The number of hydrogen-bond donors (Lipinski definition) is 0. The number of carbonyl (C=O) groups is 1. The first kappa shape index (κ1) is 14.3. The van der Waals surface area contributed by atoms with E-state index in [9.17, 15) is 4.79 Å². The molecule has 0 aromatic heterocycles. The summed E-state index contributed by atoms with van der Waals surface area (Å²) in [6.45, 7) is 6.55. The predicted molar refractivity (Wildman–Crippen MR) is 73.5 cm³/mol. The van der Waals surface area contributed by atoms with Crippen LogP contribution in [0.3, 0.4) is 0 Å². The highest BCUT2D eigenvalue weighted by Gasteiger charge is 2.21. The van der Waals surface area contributed by atoms with Crippen LogP contribution < -0.4 is 0 Å². The zero-order valence-electron chi connectivity index (χ0n) is 11.7. The van der Waals surface area contributed by atoms with Crippen LogP contribution in [0.25, 0.3) is 0 Å². The van der Waals surface area contributed by atoms with Crippen molar-refractivity contribution in [3.8, 4) is 6.07 Å². The molecule has 0 aromatic carbocycles. The maximum absolute atomic E-state index is 12.2. The summed E-state index contributed by atoms with van der Waals surface area (Å²) in [5.74, 6) is 0.288. The van der Waals surface area contributed by atoms with E-state index in [2.05, 4.69) is 15.9 Å². The van der Waals surface area contributed by atoms with Gasteiger partial charge in [0, 0.05) is 39.3 Å². The van der Waals surface area contributed by atoms with E-state index in [4.69, 9.17) is 5.26 Å². The van der Waals surface area contributed by atoms with Gasteiger partial charge >= 0.3 is 0 Å². The third-order valence-electron chi connectivity index (χ3n) is 4.08. The van der Waals surface area contributed by atoms with E-state index in [1.807, 2.05) is 4.90 Å². The molecule has 0 bridgehead atoms. The molecule has 2 fully saturated rings. The predicted octanol–water partition coefficient (Wildman–Crippen LogP) is 0.530. The second-order valence-corrected chi connectivity index (χ2v) is 5.51. The Morgan fingerprint density at radius 1 is 0.895 bits per heavy atom. The van der Waals surface area contributed by atoms with Gasteiger partial charge in [0.1, 0.15) is 0 Å². The van der Waals surface area contributed by atoms with Crippen LogP contribution in [0.4, 0.5) is 0 Å². The Morgan fingerprint density at radius 3 is 2.05 bits per heavy atom. The number of hydrogen-bond acceptors (Lipinski definition) is 4. The number of nitriles is 1. The lowest BCUT2D eigenvalue weighted by atomic mass is 10.2. The lowest BCUT2D eigenvalue weighted by Crippen LogP contribution is -2.50. The summed E-state index contributed by atoms with van der Waals surface area (Å²) in [6, 6.07) is 2.18. The molecule has 5 heteroatoms. The van der Waals surface area contributed by atoms with Crippen molar-refractivity contribution in [1.82, 2.24) is 14.7 Å². The van der Waals surface area contributed by atoms with Crippen molar-refractivity contribution in [2.45, 2.75) is 25.7 Å². The van der Waals surface area contributed by atoms with E-state index in [-0.39, 0.29) is 5.91 Å². The van der Waals surface area contributed by atoms with Crippen molar-refractivity contribution < 1.29 is 4.79 Å². The molecule has 19 heavy (non-hydrogen) atoms. The molecule has 0 unspecified atom stereocenters. The van der Waals surface area contributed by atoms with Crippen LogP contribution in [0.15, 0.2) is 0 Å². The molecule has 106 valence electrons. The van der Waals surface area contributed by atoms with Gasteiger partial charge in [0.2, 0.25) is 5.91 Å². The number of rotatable bonds is 3. The third kappa shape index (κ3) is 4.48. The van der Waals surface area contributed by atoms with Gasteiger partial charge in [-0.05, 0) is 12.8 Å². The quantitative estimate of drug-likeness (QED) is 0.698. The van der Waals surface area contributed by atoms with Crippen molar-refractivity contribution in [3.05, 3.63) is 0 Å². The highest BCUT2D eigenvalue weighted by atomic mass is 16.2. The molecule has 0 spiro atoms. The van der Waals surface area contributed by atoms with E-state index >= 15 is 0 Å². The fourth-order valence-corrected chi connectivity index (χ4v) is 2.82. The summed E-state index contributed by atoms with van der Waals surface area (Å²) in [6.07, 6.45) is 4.83. The Balaban J connectivity index is 1.72. The summed E-state index contributed by atoms with van der Waals surface area (Å²) >= 11 is 0. The van der Waals surface area contributed by atoms with Crippen LogP contribution in [0.5, 0.6) is 0 Å². The zero-order chi connectivity index (χ0) is 13.5. The maximum Gasteiger partial charge on any atom is 0.236 e. The summed E-state index contributed by atoms with van der Waals surface area (Å²) in [7, 11) is 0. The zero-order valence-corrected chi connectivity index (χ0v) is 11.7. The molecule has 0 saturated carbocycles. The van der Waals surface area contributed by atoms with Crippen LogP contribution in [-0.4, -0.2) is 73.0 Å². The van der Waals surface area contributed by atoms with Gasteiger partial charge in [0.05, 0.1) is 19.2 Å². The highest BCUT2D eigenvalue weighted by molar-refractivity contribution is 5.78. The Kier molecular flexibility index (Phi) is 5.62. The molecule has 0 aromatic rings. The van der Waals surface area contributed by atoms with Gasteiger partial charge in [-0.25, -0.2) is 0 Å². The van der Waals surface area contributed by atoms with Crippen molar-refractivity contribution in [2.75, 3.05) is 52.4 Å². The maximum atomic E-state index is 12.2. The highest BCUT2D eigenvalue weighted by Crippen LogP contribution is 2.10. The summed E-state index contributed by atoms with van der Waals surface area (Å²) in [5, 5.41) is 8.66. The molecule has 2 aliphatic rings. The molecule has 2 rings (SSSR count). The van der Waals surface area contributed by atoms with Crippen LogP contribution in [0.1, 0.15) is 25.7 Å². The Labute approximate surface area is 115 Å². The fraction of sp³-hybridized carbons (Fsp3) is 0.857. The Bertz CT molecular complexity index is 323. The molecular weight excluding hydrogens is 240 g/mol. The van der Waals surface area contributed by atoms with Crippen LogP contribution >= 0.6 is 0 Å². The smallest absolute Gasteiger partial charge is 0.236 e. The molecule has 2 heterocycles. The number of carbonyl (C=O) groups excluding carboxylic acids is 1. The van der Waals surface area contributed by atoms with Gasteiger partial charge in [-0.3, -0.25) is 14.6 Å². The molecule has 0 N–H and O–H groups in total.